The Morgan fingerprint density at radius 1 is 1.38 bits per heavy atom. The van der Waals surface area contributed by atoms with E-state index in [0.717, 1.165) is 26.1 Å². The van der Waals surface area contributed by atoms with Crippen molar-refractivity contribution >= 4 is 0 Å². The van der Waals surface area contributed by atoms with Gasteiger partial charge in [0.15, 0.2) is 0 Å². The molecule has 0 radical (unpaired) electrons. The monoisotopic (exact) mass is 219 g/mol. The smallest absolute Gasteiger partial charge is 0.0511 e. The van der Waals surface area contributed by atoms with Crippen LogP contribution in [0.3, 0.4) is 0 Å². The van der Waals surface area contributed by atoms with Crippen molar-refractivity contribution in [3.05, 3.63) is 35.9 Å². The maximum atomic E-state index is 6.44. The fourth-order valence-electron chi connectivity index (χ4n) is 2.44. The average molecular weight is 219 g/mol. The number of nitrogens with two attached hydrogens (primary N) is 1. The molecule has 0 amide bonds. The van der Waals surface area contributed by atoms with Crippen LogP contribution in [0, 0.1) is 5.92 Å². The maximum absolute atomic E-state index is 6.44. The van der Waals surface area contributed by atoms with E-state index in [2.05, 4.69) is 31.2 Å². The van der Waals surface area contributed by atoms with Gasteiger partial charge in [-0.25, -0.2) is 0 Å². The van der Waals surface area contributed by atoms with E-state index in [0.29, 0.717) is 5.92 Å². The van der Waals surface area contributed by atoms with Gasteiger partial charge in [-0.15, -0.1) is 0 Å². The van der Waals surface area contributed by atoms with Gasteiger partial charge in [-0.3, -0.25) is 0 Å². The zero-order chi connectivity index (χ0) is 11.4. The lowest BCUT2D eigenvalue weighted by atomic mass is 9.78. The van der Waals surface area contributed by atoms with Gasteiger partial charge in [-0.1, -0.05) is 30.3 Å². The molecule has 1 saturated heterocycles. The second kappa shape index (κ2) is 4.98. The topological polar surface area (TPSA) is 35.2 Å². The van der Waals surface area contributed by atoms with Crippen molar-refractivity contribution in [1.29, 1.82) is 0 Å². The van der Waals surface area contributed by atoms with Crippen LogP contribution < -0.4 is 5.73 Å². The summed E-state index contributed by atoms with van der Waals surface area (Å²) in [6.07, 6.45) is 3.27. The van der Waals surface area contributed by atoms with Gasteiger partial charge in [0, 0.05) is 18.1 Å². The minimum atomic E-state index is -0.151. The molecule has 1 aromatic carbocycles. The van der Waals surface area contributed by atoms with Crippen LogP contribution in [0.2, 0.25) is 0 Å². The fraction of sp³-hybridized carbons (Fsp3) is 0.571. The van der Waals surface area contributed by atoms with Gasteiger partial charge >= 0.3 is 0 Å². The Hall–Kier alpha value is -0.860. The highest BCUT2D eigenvalue weighted by molar-refractivity contribution is 5.17. The van der Waals surface area contributed by atoms with Gasteiger partial charge in [-0.2, -0.15) is 0 Å². The molecule has 0 bridgehead atoms. The fourth-order valence-corrected chi connectivity index (χ4v) is 2.44. The maximum Gasteiger partial charge on any atom is 0.0511 e. The second-order valence-corrected chi connectivity index (χ2v) is 5.08. The van der Waals surface area contributed by atoms with E-state index in [1.807, 2.05) is 6.07 Å². The molecule has 1 fully saturated rings. The second-order valence-electron chi connectivity index (χ2n) is 5.08. The molecule has 1 aromatic rings. The molecule has 1 heterocycles. The summed E-state index contributed by atoms with van der Waals surface area (Å²) in [5, 5.41) is 0. The number of hydrogen-bond donors (Lipinski definition) is 1. The summed E-state index contributed by atoms with van der Waals surface area (Å²) >= 11 is 0. The zero-order valence-corrected chi connectivity index (χ0v) is 9.99. The molecule has 0 aromatic heterocycles. The number of benzene rings is 1. The standard InChI is InChI=1S/C14H21NO/c1-14(15,13-8-5-9-16-11-13)10-12-6-3-2-4-7-12/h2-4,6-7,13H,5,8-11,15H2,1H3. The van der Waals surface area contributed by atoms with Crippen molar-refractivity contribution in [2.45, 2.75) is 31.7 Å². The van der Waals surface area contributed by atoms with Crippen molar-refractivity contribution in [3.63, 3.8) is 0 Å². The summed E-state index contributed by atoms with van der Waals surface area (Å²) < 4.78 is 5.53. The first-order valence-electron chi connectivity index (χ1n) is 6.09. The summed E-state index contributed by atoms with van der Waals surface area (Å²) in [7, 11) is 0. The Balaban J connectivity index is 2.01. The molecule has 0 aliphatic carbocycles. The third-order valence-corrected chi connectivity index (χ3v) is 3.52. The van der Waals surface area contributed by atoms with Gasteiger partial charge in [0.1, 0.15) is 0 Å². The van der Waals surface area contributed by atoms with Crippen LogP contribution in [0.1, 0.15) is 25.3 Å². The Bertz CT molecular complexity index is 315. The third-order valence-electron chi connectivity index (χ3n) is 3.52. The molecule has 0 saturated carbocycles. The Morgan fingerprint density at radius 2 is 2.12 bits per heavy atom. The van der Waals surface area contributed by atoms with Crippen molar-refractivity contribution in [2.24, 2.45) is 11.7 Å². The van der Waals surface area contributed by atoms with Crippen LogP contribution in [-0.4, -0.2) is 18.8 Å². The molecule has 2 nitrogen and oxygen atoms in total. The molecule has 2 unspecified atom stereocenters. The van der Waals surface area contributed by atoms with E-state index in [-0.39, 0.29) is 5.54 Å². The Labute approximate surface area is 97.8 Å². The highest BCUT2D eigenvalue weighted by Crippen LogP contribution is 2.27. The van der Waals surface area contributed by atoms with E-state index in [1.54, 1.807) is 0 Å². The van der Waals surface area contributed by atoms with Crippen molar-refractivity contribution < 1.29 is 4.74 Å². The van der Waals surface area contributed by atoms with E-state index in [9.17, 15) is 0 Å². The van der Waals surface area contributed by atoms with Crippen LogP contribution in [0.15, 0.2) is 30.3 Å². The normalized spacial score (nSPS) is 25.0. The molecule has 0 spiro atoms. The lowest BCUT2D eigenvalue weighted by Crippen LogP contribution is -2.49. The summed E-state index contributed by atoms with van der Waals surface area (Å²) in [5.74, 6) is 0.487. The number of ether oxygens (including phenoxy) is 1. The molecular formula is C14H21NO. The first-order valence-corrected chi connectivity index (χ1v) is 6.09. The molecule has 16 heavy (non-hydrogen) atoms. The summed E-state index contributed by atoms with van der Waals surface area (Å²) in [5.41, 5.74) is 7.61. The molecule has 2 heteroatoms. The predicted octanol–water partition coefficient (Wildman–Crippen LogP) is 2.37. The molecule has 2 rings (SSSR count). The summed E-state index contributed by atoms with van der Waals surface area (Å²) in [6.45, 7) is 3.87. The number of hydrogen-bond acceptors (Lipinski definition) is 2. The molecule has 88 valence electrons. The van der Waals surface area contributed by atoms with E-state index < -0.39 is 0 Å². The summed E-state index contributed by atoms with van der Waals surface area (Å²) in [6, 6.07) is 10.5. The van der Waals surface area contributed by atoms with Gasteiger partial charge < -0.3 is 10.5 Å². The van der Waals surface area contributed by atoms with E-state index >= 15 is 0 Å². The van der Waals surface area contributed by atoms with Crippen LogP contribution in [-0.2, 0) is 11.2 Å². The van der Waals surface area contributed by atoms with Crippen molar-refractivity contribution in [1.82, 2.24) is 0 Å². The van der Waals surface area contributed by atoms with Crippen LogP contribution in [0.25, 0.3) is 0 Å². The van der Waals surface area contributed by atoms with Gasteiger partial charge in [0.25, 0.3) is 0 Å². The largest absolute Gasteiger partial charge is 0.381 e. The van der Waals surface area contributed by atoms with Crippen molar-refractivity contribution in [2.75, 3.05) is 13.2 Å². The summed E-state index contributed by atoms with van der Waals surface area (Å²) in [4.78, 5) is 0. The number of rotatable bonds is 3. The third kappa shape index (κ3) is 2.83. The quantitative estimate of drug-likeness (QED) is 0.847. The predicted molar refractivity (Wildman–Crippen MR) is 66.3 cm³/mol. The highest BCUT2D eigenvalue weighted by Gasteiger charge is 2.31. The SMILES string of the molecule is CC(N)(Cc1ccccc1)C1CCCOC1. The highest BCUT2D eigenvalue weighted by atomic mass is 16.5. The molecule has 1 aliphatic rings. The first kappa shape index (κ1) is 11.6. The Kier molecular flexibility index (Phi) is 3.62. The minimum absolute atomic E-state index is 0.151. The van der Waals surface area contributed by atoms with Gasteiger partial charge in [-0.05, 0) is 31.7 Å². The van der Waals surface area contributed by atoms with Crippen LogP contribution in [0.5, 0.6) is 0 Å². The van der Waals surface area contributed by atoms with E-state index in [1.165, 1.54) is 12.0 Å². The van der Waals surface area contributed by atoms with Gasteiger partial charge in [0.05, 0.1) is 6.61 Å². The molecule has 2 atom stereocenters. The van der Waals surface area contributed by atoms with Crippen LogP contribution >= 0.6 is 0 Å². The van der Waals surface area contributed by atoms with Crippen LogP contribution in [0.4, 0.5) is 0 Å². The zero-order valence-electron chi connectivity index (χ0n) is 9.99. The molecule has 1 aliphatic heterocycles. The molecule has 2 N–H and O–H groups in total. The van der Waals surface area contributed by atoms with Gasteiger partial charge in [0.2, 0.25) is 0 Å². The Morgan fingerprint density at radius 3 is 2.75 bits per heavy atom. The van der Waals surface area contributed by atoms with E-state index in [4.69, 9.17) is 10.5 Å². The van der Waals surface area contributed by atoms with Crippen molar-refractivity contribution in [3.8, 4) is 0 Å². The molecular weight excluding hydrogens is 198 g/mol. The minimum Gasteiger partial charge on any atom is -0.381 e. The average Bonchev–Trinajstić information content (AvgIpc) is 2.31. The lowest BCUT2D eigenvalue weighted by Gasteiger charge is -2.36. The first-order chi connectivity index (χ1) is 7.68. The lowest BCUT2D eigenvalue weighted by molar-refractivity contribution is 0.0253.